The fraction of sp³-hybridized carbons (Fsp3) is 0.632. The van der Waals surface area contributed by atoms with E-state index in [1.807, 2.05) is 6.92 Å². The van der Waals surface area contributed by atoms with Crippen molar-refractivity contribution in [3.05, 3.63) is 34.5 Å². The summed E-state index contributed by atoms with van der Waals surface area (Å²) in [6, 6.07) is 2.30. The molecular weight excluding hydrogens is 312 g/mol. The average molecular weight is 342 g/mol. The largest absolute Gasteiger partial charge is 0.363 e. The molecule has 0 spiro atoms. The lowest BCUT2D eigenvalue weighted by Gasteiger charge is -2.23. The molecule has 136 valence electrons. The van der Waals surface area contributed by atoms with Crippen molar-refractivity contribution >= 4 is 5.82 Å². The number of rotatable bonds is 5. The second-order valence-electron chi connectivity index (χ2n) is 7.02. The summed E-state index contributed by atoms with van der Waals surface area (Å²) in [5, 5.41) is 11.6. The van der Waals surface area contributed by atoms with Gasteiger partial charge in [-0.05, 0) is 60.5 Å². The molecule has 1 fully saturated rings. The SMILES string of the molecule is CCn1nc(C)c([C@H](C)Nc2cc(C3CCNCC3)nc(C)n2)c1C. The molecule has 6 heteroatoms. The first-order chi connectivity index (χ1) is 12.0. The number of piperidine rings is 1. The molecule has 1 atom stereocenters. The molecule has 1 saturated heterocycles. The topological polar surface area (TPSA) is 67.7 Å². The lowest BCUT2D eigenvalue weighted by molar-refractivity contribution is 0.452. The van der Waals surface area contributed by atoms with Gasteiger partial charge in [0.05, 0.1) is 11.7 Å². The molecule has 3 heterocycles. The van der Waals surface area contributed by atoms with Gasteiger partial charge in [-0.1, -0.05) is 0 Å². The molecule has 0 radical (unpaired) electrons. The van der Waals surface area contributed by atoms with Crippen molar-refractivity contribution in [1.29, 1.82) is 0 Å². The van der Waals surface area contributed by atoms with Crippen LogP contribution in [0.4, 0.5) is 5.82 Å². The third-order valence-electron chi connectivity index (χ3n) is 5.15. The molecule has 2 N–H and O–H groups in total. The fourth-order valence-electron chi connectivity index (χ4n) is 3.93. The first-order valence-corrected chi connectivity index (χ1v) is 9.36. The van der Waals surface area contributed by atoms with Crippen molar-refractivity contribution in [2.45, 2.75) is 66.0 Å². The van der Waals surface area contributed by atoms with Crippen molar-refractivity contribution in [3.8, 4) is 0 Å². The first-order valence-electron chi connectivity index (χ1n) is 9.36. The number of hydrogen-bond acceptors (Lipinski definition) is 5. The predicted octanol–water partition coefficient (Wildman–Crippen LogP) is 3.26. The van der Waals surface area contributed by atoms with Gasteiger partial charge in [0.2, 0.25) is 0 Å². The molecule has 0 bridgehead atoms. The quantitative estimate of drug-likeness (QED) is 0.873. The molecule has 1 aliphatic rings. The van der Waals surface area contributed by atoms with E-state index in [2.05, 4.69) is 59.2 Å². The molecule has 3 rings (SSSR count). The molecule has 1 aliphatic heterocycles. The van der Waals surface area contributed by atoms with E-state index in [1.165, 1.54) is 17.0 Å². The summed E-state index contributed by atoms with van der Waals surface area (Å²) < 4.78 is 2.06. The van der Waals surface area contributed by atoms with Gasteiger partial charge >= 0.3 is 0 Å². The highest BCUT2D eigenvalue weighted by Crippen LogP contribution is 2.28. The predicted molar refractivity (Wildman–Crippen MR) is 101 cm³/mol. The Morgan fingerprint density at radius 1 is 1.24 bits per heavy atom. The van der Waals surface area contributed by atoms with Gasteiger partial charge < -0.3 is 10.6 Å². The Balaban J connectivity index is 1.82. The molecule has 2 aromatic heterocycles. The van der Waals surface area contributed by atoms with Crippen LogP contribution in [0.1, 0.15) is 67.1 Å². The van der Waals surface area contributed by atoms with E-state index in [0.717, 1.165) is 49.8 Å². The highest BCUT2D eigenvalue weighted by molar-refractivity contribution is 5.42. The summed E-state index contributed by atoms with van der Waals surface area (Å²) in [5.41, 5.74) is 4.75. The van der Waals surface area contributed by atoms with Crippen molar-refractivity contribution in [1.82, 2.24) is 25.1 Å². The molecule has 25 heavy (non-hydrogen) atoms. The number of nitrogens with one attached hydrogen (secondary N) is 2. The van der Waals surface area contributed by atoms with E-state index in [1.54, 1.807) is 0 Å². The summed E-state index contributed by atoms with van der Waals surface area (Å²) in [4.78, 5) is 9.31. The Kier molecular flexibility index (Phi) is 5.37. The number of anilines is 1. The second-order valence-corrected chi connectivity index (χ2v) is 7.02. The number of nitrogens with zero attached hydrogens (tertiary/aromatic N) is 4. The van der Waals surface area contributed by atoms with Crippen molar-refractivity contribution in [3.63, 3.8) is 0 Å². The number of aromatic nitrogens is 4. The van der Waals surface area contributed by atoms with Gasteiger partial charge in [0.15, 0.2) is 0 Å². The minimum absolute atomic E-state index is 0.162. The van der Waals surface area contributed by atoms with Crippen LogP contribution in [0.3, 0.4) is 0 Å². The van der Waals surface area contributed by atoms with Gasteiger partial charge in [0.1, 0.15) is 11.6 Å². The van der Waals surface area contributed by atoms with E-state index in [-0.39, 0.29) is 6.04 Å². The van der Waals surface area contributed by atoms with E-state index >= 15 is 0 Å². The van der Waals surface area contributed by atoms with Crippen LogP contribution in [-0.2, 0) is 6.54 Å². The van der Waals surface area contributed by atoms with E-state index < -0.39 is 0 Å². The van der Waals surface area contributed by atoms with Crippen LogP contribution in [0.25, 0.3) is 0 Å². The summed E-state index contributed by atoms with van der Waals surface area (Å²) in [5.74, 6) is 2.28. The van der Waals surface area contributed by atoms with Crippen LogP contribution in [0.2, 0.25) is 0 Å². The van der Waals surface area contributed by atoms with Crippen LogP contribution in [0.5, 0.6) is 0 Å². The third-order valence-corrected chi connectivity index (χ3v) is 5.15. The Labute approximate surface area is 150 Å². The summed E-state index contributed by atoms with van der Waals surface area (Å²) in [6.45, 7) is 13.5. The summed E-state index contributed by atoms with van der Waals surface area (Å²) >= 11 is 0. The Morgan fingerprint density at radius 2 is 1.96 bits per heavy atom. The molecule has 6 nitrogen and oxygen atoms in total. The van der Waals surface area contributed by atoms with Crippen molar-refractivity contribution in [2.24, 2.45) is 0 Å². The molecule has 2 aromatic rings. The minimum Gasteiger partial charge on any atom is -0.363 e. The maximum Gasteiger partial charge on any atom is 0.130 e. The average Bonchev–Trinajstić information content (AvgIpc) is 2.89. The molecule has 0 unspecified atom stereocenters. The van der Waals surface area contributed by atoms with E-state index in [0.29, 0.717) is 5.92 Å². The minimum atomic E-state index is 0.162. The van der Waals surface area contributed by atoms with Gasteiger partial charge in [-0.2, -0.15) is 5.10 Å². The van der Waals surface area contributed by atoms with Crippen molar-refractivity contribution < 1.29 is 0 Å². The molecule has 0 aromatic carbocycles. The lowest BCUT2D eigenvalue weighted by Crippen LogP contribution is -2.27. The summed E-state index contributed by atoms with van der Waals surface area (Å²) in [7, 11) is 0. The van der Waals surface area contributed by atoms with Crippen LogP contribution in [-0.4, -0.2) is 32.8 Å². The normalized spacial score (nSPS) is 16.8. The van der Waals surface area contributed by atoms with Gasteiger partial charge in [-0.15, -0.1) is 0 Å². The highest BCUT2D eigenvalue weighted by Gasteiger charge is 2.20. The maximum atomic E-state index is 4.69. The zero-order chi connectivity index (χ0) is 18.0. The van der Waals surface area contributed by atoms with Gasteiger partial charge in [0.25, 0.3) is 0 Å². The van der Waals surface area contributed by atoms with E-state index in [4.69, 9.17) is 4.98 Å². The molecule has 0 amide bonds. The standard InChI is InChI=1S/C19H30N6/c1-6-25-14(4)19(13(3)24-25)12(2)21-18-11-17(22-15(5)23-18)16-7-9-20-10-8-16/h11-12,16,20H,6-10H2,1-5H3,(H,21,22,23)/t12-/m0/s1. The Morgan fingerprint density at radius 3 is 2.60 bits per heavy atom. The van der Waals surface area contributed by atoms with Crippen molar-refractivity contribution in [2.75, 3.05) is 18.4 Å². The molecular formula is C19H30N6. The summed E-state index contributed by atoms with van der Waals surface area (Å²) in [6.07, 6.45) is 2.29. The monoisotopic (exact) mass is 342 g/mol. The smallest absolute Gasteiger partial charge is 0.130 e. The fourth-order valence-corrected chi connectivity index (χ4v) is 3.93. The zero-order valence-corrected chi connectivity index (χ0v) is 16.1. The Hall–Kier alpha value is -1.95. The molecule has 0 saturated carbocycles. The lowest BCUT2D eigenvalue weighted by atomic mass is 9.94. The first kappa shape index (κ1) is 17.9. The van der Waals surface area contributed by atoms with Crippen LogP contribution < -0.4 is 10.6 Å². The highest BCUT2D eigenvalue weighted by atomic mass is 15.3. The van der Waals surface area contributed by atoms with Crippen LogP contribution in [0.15, 0.2) is 6.07 Å². The van der Waals surface area contributed by atoms with Gasteiger partial charge in [0, 0.05) is 35.5 Å². The zero-order valence-electron chi connectivity index (χ0n) is 16.1. The number of hydrogen-bond donors (Lipinski definition) is 2. The van der Waals surface area contributed by atoms with Gasteiger partial charge in [-0.25, -0.2) is 9.97 Å². The third kappa shape index (κ3) is 3.84. The molecule has 0 aliphatic carbocycles. The van der Waals surface area contributed by atoms with Crippen LogP contribution >= 0.6 is 0 Å². The van der Waals surface area contributed by atoms with Gasteiger partial charge in [-0.3, -0.25) is 4.68 Å². The maximum absolute atomic E-state index is 4.69. The number of aryl methyl sites for hydroxylation is 3. The van der Waals surface area contributed by atoms with E-state index in [9.17, 15) is 0 Å². The second kappa shape index (κ2) is 7.52. The Bertz CT molecular complexity index is 730. The van der Waals surface area contributed by atoms with Crippen LogP contribution in [0, 0.1) is 20.8 Å².